The van der Waals surface area contributed by atoms with Crippen molar-refractivity contribution in [2.75, 3.05) is 7.11 Å². The van der Waals surface area contributed by atoms with E-state index in [2.05, 4.69) is 16.7 Å². The van der Waals surface area contributed by atoms with Crippen LogP contribution < -0.4 is 9.47 Å². The van der Waals surface area contributed by atoms with Crippen molar-refractivity contribution in [1.29, 1.82) is 0 Å². The van der Waals surface area contributed by atoms with Crippen LogP contribution >= 0.6 is 0 Å². The minimum absolute atomic E-state index is 0.0735. The Labute approximate surface area is 194 Å². The molecule has 0 bridgehead atoms. The number of rotatable bonds is 6. The van der Waals surface area contributed by atoms with Gasteiger partial charge in [-0.3, -0.25) is 10.1 Å². The molecule has 5 aromatic rings. The molecule has 0 fully saturated rings. The summed E-state index contributed by atoms with van der Waals surface area (Å²) in [6.45, 7) is 0.599. The van der Waals surface area contributed by atoms with Gasteiger partial charge in [0.15, 0.2) is 0 Å². The summed E-state index contributed by atoms with van der Waals surface area (Å²) >= 11 is 0. The second-order valence-electron chi connectivity index (χ2n) is 7.77. The monoisotopic (exact) mass is 452 g/mol. The fourth-order valence-electron chi connectivity index (χ4n) is 4.22. The highest BCUT2D eigenvalue weighted by Crippen LogP contribution is 2.38. The Morgan fingerprint density at radius 3 is 2.32 bits per heavy atom. The van der Waals surface area contributed by atoms with Crippen LogP contribution in [0.25, 0.3) is 21.8 Å². The Kier molecular flexibility index (Phi) is 5.43. The molecule has 1 aromatic heterocycles. The highest BCUT2D eigenvalue weighted by Gasteiger charge is 2.22. The number of ether oxygens (including phenoxy) is 2. The minimum Gasteiger partial charge on any atom is -0.495 e. The molecule has 1 heterocycles. The van der Waals surface area contributed by atoms with Crippen molar-refractivity contribution in [2.24, 2.45) is 0 Å². The lowest BCUT2D eigenvalue weighted by atomic mass is 10.1. The van der Waals surface area contributed by atoms with Crippen molar-refractivity contribution < 1.29 is 19.2 Å². The van der Waals surface area contributed by atoms with Crippen LogP contribution in [-0.4, -0.2) is 22.6 Å². The molecule has 0 amide bonds. The Bertz CT molecular complexity index is 1520. The lowest BCUT2D eigenvalue weighted by molar-refractivity contribution is -0.384. The molecule has 0 N–H and O–H groups in total. The van der Waals surface area contributed by atoms with Gasteiger partial charge in [0, 0.05) is 35.0 Å². The van der Waals surface area contributed by atoms with Gasteiger partial charge < -0.3 is 14.0 Å². The van der Waals surface area contributed by atoms with E-state index in [-0.39, 0.29) is 11.4 Å². The van der Waals surface area contributed by atoms with Gasteiger partial charge in [-0.2, -0.15) is 0 Å². The number of fused-ring (bicyclic) bond motifs is 3. The second kappa shape index (κ2) is 8.71. The largest absolute Gasteiger partial charge is 0.495 e. The lowest BCUT2D eigenvalue weighted by Crippen LogP contribution is -2.09. The van der Waals surface area contributed by atoms with E-state index in [1.807, 2.05) is 42.5 Å². The van der Waals surface area contributed by atoms with E-state index in [1.165, 1.54) is 24.3 Å². The number of nitro groups is 1. The molecular formula is C27H20N2O5. The molecule has 0 radical (unpaired) electrons. The first kappa shape index (κ1) is 21.2. The van der Waals surface area contributed by atoms with Crippen LogP contribution in [0.1, 0.15) is 15.9 Å². The SMILES string of the molecule is COc1ccc(C(=O)Oc2ccc([N+](=O)[O-])cc2)c2c3ccccc3n(Cc3ccccc3)c12. The molecule has 0 saturated heterocycles. The molecule has 0 unspecified atom stereocenters. The number of nitro benzene ring substituents is 1. The topological polar surface area (TPSA) is 83.6 Å². The highest BCUT2D eigenvalue weighted by atomic mass is 16.6. The average Bonchev–Trinajstić information content (AvgIpc) is 3.19. The van der Waals surface area contributed by atoms with E-state index in [1.54, 1.807) is 19.2 Å². The van der Waals surface area contributed by atoms with Crippen molar-refractivity contribution in [3.8, 4) is 11.5 Å². The van der Waals surface area contributed by atoms with Gasteiger partial charge in [0.25, 0.3) is 5.69 Å². The zero-order valence-electron chi connectivity index (χ0n) is 18.3. The number of non-ortho nitro benzene ring substituents is 1. The van der Waals surface area contributed by atoms with E-state index in [0.717, 1.165) is 27.4 Å². The average molecular weight is 452 g/mol. The van der Waals surface area contributed by atoms with Gasteiger partial charge in [-0.1, -0.05) is 48.5 Å². The third-order valence-electron chi connectivity index (χ3n) is 5.76. The quantitative estimate of drug-likeness (QED) is 0.137. The van der Waals surface area contributed by atoms with Crippen LogP contribution in [0.5, 0.6) is 11.5 Å². The first-order valence-electron chi connectivity index (χ1n) is 10.7. The number of carbonyl (C=O) groups is 1. The predicted octanol–water partition coefficient (Wildman–Crippen LogP) is 5.98. The van der Waals surface area contributed by atoms with Crippen LogP contribution in [0.4, 0.5) is 5.69 Å². The van der Waals surface area contributed by atoms with Crippen LogP contribution in [0.3, 0.4) is 0 Å². The van der Waals surface area contributed by atoms with E-state index in [4.69, 9.17) is 9.47 Å². The first-order chi connectivity index (χ1) is 16.6. The normalized spacial score (nSPS) is 11.0. The van der Waals surface area contributed by atoms with Crippen molar-refractivity contribution in [3.63, 3.8) is 0 Å². The Balaban J connectivity index is 1.65. The van der Waals surface area contributed by atoms with Crippen LogP contribution in [0.15, 0.2) is 91.0 Å². The lowest BCUT2D eigenvalue weighted by Gasteiger charge is -2.12. The number of aromatic nitrogens is 1. The molecule has 7 heteroatoms. The Morgan fingerprint density at radius 1 is 0.912 bits per heavy atom. The molecule has 0 atom stereocenters. The van der Waals surface area contributed by atoms with Crippen molar-refractivity contribution in [1.82, 2.24) is 4.57 Å². The molecule has 0 aliphatic rings. The van der Waals surface area contributed by atoms with Crippen LogP contribution in [0.2, 0.25) is 0 Å². The number of hydrogen-bond donors (Lipinski definition) is 0. The third kappa shape index (κ3) is 3.73. The number of esters is 1. The first-order valence-corrected chi connectivity index (χ1v) is 10.7. The van der Waals surface area contributed by atoms with Gasteiger partial charge >= 0.3 is 5.97 Å². The van der Waals surface area contributed by atoms with Gasteiger partial charge in [0.2, 0.25) is 0 Å². The molecule has 5 rings (SSSR count). The molecule has 4 aromatic carbocycles. The van der Waals surface area contributed by atoms with Gasteiger partial charge in [-0.15, -0.1) is 0 Å². The summed E-state index contributed by atoms with van der Waals surface area (Å²) in [4.78, 5) is 23.7. The molecule has 0 aliphatic carbocycles. The molecule has 0 saturated carbocycles. The van der Waals surface area contributed by atoms with Crippen molar-refractivity contribution in [3.05, 3.63) is 112 Å². The van der Waals surface area contributed by atoms with Crippen molar-refractivity contribution in [2.45, 2.75) is 6.54 Å². The van der Waals surface area contributed by atoms with E-state index in [0.29, 0.717) is 17.9 Å². The molecule has 0 aliphatic heterocycles. The zero-order valence-corrected chi connectivity index (χ0v) is 18.3. The number of benzene rings is 4. The second-order valence-corrected chi connectivity index (χ2v) is 7.77. The smallest absolute Gasteiger partial charge is 0.344 e. The summed E-state index contributed by atoms with van der Waals surface area (Å²) in [7, 11) is 1.61. The molecule has 0 spiro atoms. The fourth-order valence-corrected chi connectivity index (χ4v) is 4.22. The predicted molar refractivity (Wildman–Crippen MR) is 130 cm³/mol. The maximum absolute atomic E-state index is 13.3. The Morgan fingerprint density at radius 2 is 1.62 bits per heavy atom. The third-order valence-corrected chi connectivity index (χ3v) is 5.76. The molecule has 34 heavy (non-hydrogen) atoms. The summed E-state index contributed by atoms with van der Waals surface area (Å²) in [6, 6.07) is 26.8. The number of carbonyl (C=O) groups excluding carboxylic acids is 1. The van der Waals surface area contributed by atoms with Gasteiger partial charge in [-0.05, 0) is 35.9 Å². The van der Waals surface area contributed by atoms with E-state index < -0.39 is 10.9 Å². The van der Waals surface area contributed by atoms with Crippen molar-refractivity contribution >= 4 is 33.5 Å². The summed E-state index contributed by atoms with van der Waals surface area (Å²) < 4.78 is 13.4. The molecule has 168 valence electrons. The Hall–Kier alpha value is -4.65. The van der Waals surface area contributed by atoms with Crippen LogP contribution in [-0.2, 0) is 6.54 Å². The van der Waals surface area contributed by atoms with Gasteiger partial charge in [0.1, 0.15) is 11.5 Å². The molecule has 7 nitrogen and oxygen atoms in total. The van der Waals surface area contributed by atoms with E-state index >= 15 is 0 Å². The maximum Gasteiger partial charge on any atom is 0.344 e. The number of hydrogen-bond acceptors (Lipinski definition) is 5. The molecular weight excluding hydrogens is 432 g/mol. The highest BCUT2D eigenvalue weighted by molar-refractivity contribution is 6.18. The van der Waals surface area contributed by atoms with Crippen LogP contribution in [0, 0.1) is 10.1 Å². The zero-order chi connectivity index (χ0) is 23.7. The summed E-state index contributed by atoms with van der Waals surface area (Å²) in [5.41, 5.74) is 3.19. The van der Waals surface area contributed by atoms with Gasteiger partial charge in [0.05, 0.1) is 23.1 Å². The summed E-state index contributed by atoms with van der Waals surface area (Å²) in [6.07, 6.45) is 0. The van der Waals surface area contributed by atoms with Gasteiger partial charge in [-0.25, -0.2) is 4.79 Å². The van der Waals surface area contributed by atoms with E-state index in [9.17, 15) is 14.9 Å². The maximum atomic E-state index is 13.3. The summed E-state index contributed by atoms with van der Waals surface area (Å²) in [5.74, 6) is 0.325. The summed E-state index contributed by atoms with van der Waals surface area (Å²) in [5, 5.41) is 12.5. The standard InChI is InChI=1S/C27H20N2O5/c1-33-24-16-15-22(27(30)34-20-13-11-19(12-14-20)29(31)32)25-21-9-5-6-10-23(21)28(26(24)25)17-18-7-3-2-4-8-18/h2-16H,17H2,1H3. The number of nitrogens with zero attached hydrogens (tertiary/aromatic N) is 2. The number of methoxy groups -OCH3 is 1. The number of para-hydroxylation sites is 1. The minimum atomic E-state index is -0.552. The fraction of sp³-hybridized carbons (Fsp3) is 0.0741.